The van der Waals surface area contributed by atoms with E-state index in [0.29, 0.717) is 17.7 Å². The third-order valence-corrected chi connectivity index (χ3v) is 5.00. The molecule has 3 aromatic rings. The maximum atomic E-state index is 14.8. The van der Waals surface area contributed by atoms with Crippen molar-refractivity contribution in [3.8, 4) is 16.9 Å². The van der Waals surface area contributed by atoms with E-state index in [-0.39, 0.29) is 18.4 Å². The van der Waals surface area contributed by atoms with Crippen molar-refractivity contribution in [3.63, 3.8) is 0 Å². The quantitative estimate of drug-likeness (QED) is 0.568. The van der Waals surface area contributed by atoms with Gasteiger partial charge in [-0.2, -0.15) is 5.10 Å². The highest BCUT2D eigenvalue weighted by Gasteiger charge is 2.30. The fraction of sp³-hybridized carbons (Fsp3) is 0.391. The molecule has 0 spiro atoms. The lowest BCUT2D eigenvalue weighted by Gasteiger charge is -2.23. The summed E-state index contributed by atoms with van der Waals surface area (Å²) in [5, 5.41) is 6.48. The summed E-state index contributed by atoms with van der Waals surface area (Å²) in [6.45, 7) is -10.4. The zero-order valence-electron chi connectivity index (χ0n) is 26.6. The molecule has 32 heavy (non-hydrogen) atoms. The van der Waals surface area contributed by atoms with Crippen LogP contribution in [0.1, 0.15) is 55.4 Å². The number of aromatic nitrogens is 3. The van der Waals surface area contributed by atoms with E-state index >= 15 is 0 Å². The van der Waals surface area contributed by atoms with Crippen LogP contribution in [-0.2, 0) is 0 Å². The second kappa shape index (κ2) is 9.20. The molecule has 0 aliphatic carbocycles. The molecule has 1 aliphatic rings. The summed E-state index contributed by atoms with van der Waals surface area (Å²) < 4.78 is 129. The van der Waals surface area contributed by atoms with Gasteiger partial charge in [0, 0.05) is 42.8 Å². The van der Waals surface area contributed by atoms with Crippen LogP contribution in [-0.4, -0.2) is 34.2 Å². The predicted octanol–water partition coefficient (Wildman–Crippen LogP) is 4.59. The molecule has 1 fully saturated rings. The normalized spacial score (nSPS) is 24.4. The van der Waals surface area contributed by atoms with Crippen LogP contribution in [0.25, 0.3) is 11.1 Å². The zero-order valence-corrected chi connectivity index (χ0v) is 16.6. The van der Waals surface area contributed by atoms with E-state index in [9.17, 15) is 13.2 Å². The number of nitrogens with two attached hydrogens (primary N) is 1. The highest BCUT2D eigenvalue weighted by Crippen LogP contribution is 2.36. The molecule has 3 heterocycles. The highest BCUT2D eigenvalue weighted by atomic mass is 19.3. The van der Waals surface area contributed by atoms with Crippen molar-refractivity contribution in [2.75, 3.05) is 18.7 Å². The van der Waals surface area contributed by atoms with Gasteiger partial charge in [-0.15, -0.1) is 0 Å². The predicted molar refractivity (Wildman–Crippen MR) is 116 cm³/mol. The Morgan fingerprint density at radius 2 is 2.06 bits per heavy atom. The fourth-order valence-corrected chi connectivity index (χ4v) is 3.32. The minimum atomic E-state index is -3.52. The summed E-state index contributed by atoms with van der Waals surface area (Å²) in [4.78, 5) is 3.93. The number of anilines is 1. The summed E-state index contributed by atoms with van der Waals surface area (Å²) >= 11 is 0. The number of ether oxygens (including phenoxy) is 1. The lowest BCUT2D eigenvalue weighted by atomic mass is 9.97. The van der Waals surface area contributed by atoms with E-state index < -0.39 is 79.3 Å². The van der Waals surface area contributed by atoms with Crippen molar-refractivity contribution in [1.29, 1.82) is 0 Å². The minimum Gasteiger partial charge on any atom is -0.476 e. The molecule has 6 nitrogen and oxygen atoms in total. The molecule has 1 atom stereocenters. The van der Waals surface area contributed by atoms with E-state index in [1.165, 1.54) is 29.3 Å². The summed E-state index contributed by atoms with van der Waals surface area (Å²) in [7, 11) is 0. The summed E-state index contributed by atoms with van der Waals surface area (Å²) in [6.07, 6.45) is -2.20. The lowest BCUT2D eigenvalue weighted by Crippen LogP contribution is -2.29. The third kappa shape index (κ3) is 4.43. The number of aryl methyl sites for hydroxylation is 1. The molecule has 0 amide bonds. The molecule has 0 bridgehead atoms. The molecule has 0 radical (unpaired) electrons. The number of rotatable bonds is 6. The fourth-order valence-electron chi connectivity index (χ4n) is 3.32. The number of piperidine rings is 1. The lowest BCUT2D eigenvalue weighted by molar-refractivity contribution is 0.00988. The Balaban J connectivity index is 1.74. The Hall–Kier alpha value is -3.07. The van der Waals surface area contributed by atoms with Gasteiger partial charge >= 0.3 is 0 Å². The van der Waals surface area contributed by atoms with Gasteiger partial charge in [0.2, 0.25) is 0 Å². The van der Waals surface area contributed by atoms with E-state index in [2.05, 4.69) is 15.4 Å². The van der Waals surface area contributed by atoms with Crippen LogP contribution >= 0.6 is 0 Å². The second-order valence-corrected chi connectivity index (χ2v) is 7.11. The number of alkyl halides is 2. The summed E-state index contributed by atoms with van der Waals surface area (Å²) in [6, 6.07) is 1.81. The standard InChI is InChI=1S/C23H26F3N5O/c1-13-3-4-18(24)14(2)20(13)21(22(25)26)32-19-9-15(10-29-23(19)27)16-11-30-31(12-16)17-5-7-28-8-6-17/h3-4,9-12,17,21-22,28H,5-8H2,1-2H3,(H2,27,29)/i1D3,2D3,7D2,8D2. The maximum absolute atomic E-state index is 14.8. The first-order chi connectivity index (χ1) is 19.2. The first-order valence-electron chi connectivity index (χ1n) is 14.6. The third-order valence-electron chi connectivity index (χ3n) is 5.00. The van der Waals surface area contributed by atoms with Crippen LogP contribution in [0.5, 0.6) is 5.75 Å². The number of nitrogen functional groups attached to an aromatic ring is 1. The van der Waals surface area contributed by atoms with Gasteiger partial charge in [-0.25, -0.2) is 18.2 Å². The van der Waals surface area contributed by atoms with Crippen molar-refractivity contribution in [2.24, 2.45) is 0 Å². The number of pyridine rings is 1. The second-order valence-electron chi connectivity index (χ2n) is 7.11. The molecule has 9 heteroatoms. The average Bonchev–Trinajstić information content (AvgIpc) is 3.30. The maximum Gasteiger partial charge on any atom is 0.279 e. The Morgan fingerprint density at radius 1 is 1.25 bits per heavy atom. The van der Waals surface area contributed by atoms with Gasteiger partial charge in [0.25, 0.3) is 6.43 Å². The Morgan fingerprint density at radius 3 is 2.78 bits per heavy atom. The van der Waals surface area contributed by atoms with Gasteiger partial charge in [-0.3, -0.25) is 4.68 Å². The van der Waals surface area contributed by atoms with Gasteiger partial charge in [-0.05, 0) is 62.8 Å². The van der Waals surface area contributed by atoms with Gasteiger partial charge < -0.3 is 15.8 Å². The van der Waals surface area contributed by atoms with Crippen molar-refractivity contribution in [1.82, 2.24) is 20.1 Å². The van der Waals surface area contributed by atoms with E-state index in [1.807, 2.05) is 0 Å². The van der Waals surface area contributed by atoms with Crippen LogP contribution < -0.4 is 15.8 Å². The highest BCUT2D eigenvalue weighted by molar-refractivity contribution is 5.66. The Bertz CT molecular complexity index is 1450. The van der Waals surface area contributed by atoms with Crippen molar-refractivity contribution in [2.45, 2.75) is 45.1 Å². The molecular weight excluding hydrogens is 419 g/mol. The smallest absolute Gasteiger partial charge is 0.279 e. The van der Waals surface area contributed by atoms with Gasteiger partial charge in [-0.1, -0.05) is 6.07 Å². The molecule has 0 saturated carbocycles. The summed E-state index contributed by atoms with van der Waals surface area (Å²) in [5.41, 5.74) is 3.35. The number of hydrogen-bond donors (Lipinski definition) is 2. The SMILES string of the molecule is [2H]C1([2H])CC(n2cc(-c3cnc(N)c(OC(c4c(C([2H])([2H])[2H])ccc(F)c4C([2H])([2H])[2H])C(F)F)c3)cn2)CC([2H])([2H])N1. The van der Waals surface area contributed by atoms with Gasteiger partial charge in [0.05, 0.1) is 12.2 Å². The molecular formula is C23H26F3N5O. The Labute approximate surface area is 198 Å². The first-order valence-corrected chi connectivity index (χ1v) is 9.56. The molecule has 3 N–H and O–H groups in total. The zero-order chi connectivity index (χ0) is 31.4. The molecule has 170 valence electrons. The molecule has 2 aromatic heterocycles. The number of benzene rings is 1. The van der Waals surface area contributed by atoms with Crippen LogP contribution in [0.3, 0.4) is 0 Å². The van der Waals surface area contributed by atoms with Crippen LogP contribution in [0.15, 0.2) is 36.8 Å². The van der Waals surface area contributed by atoms with Crippen LogP contribution in [0.4, 0.5) is 19.0 Å². The first kappa shape index (κ1) is 12.8. The van der Waals surface area contributed by atoms with Crippen molar-refractivity contribution >= 4 is 5.82 Å². The van der Waals surface area contributed by atoms with Crippen molar-refractivity contribution < 1.29 is 31.6 Å². The number of nitrogens with one attached hydrogen (secondary N) is 1. The molecule has 1 unspecified atom stereocenters. The van der Waals surface area contributed by atoms with E-state index in [4.69, 9.17) is 24.2 Å². The number of hydrogen-bond acceptors (Lipinski definition) is 5. The monoisotopic (exact) mass is 455 g/mol. The minimum absolute atomic E-state index is 0.0939. The van der Waals surface area contributed by atoms with Gasteiger partial charge in [0.15, 0.2) is 17.7 Å². The number of halogens is 3. The summed E-state index contributed by atoms with van der Waals surface area (Å²) in [5.74, 6) is -2.29. The topological polar surface area (TPSA) is 78.0 Å². The van der Waals surface area contributed by atoms with E-state index in [1.54, 1.807) is 0 Å². The van der Waals surface area contributed by atoms with Gasteiger partial charge in [0.1, 0.15) is 5.82 Å². The van der Waals surface area contributed by atoms with Crippen LogP contribution in [0, 0.1) is 19.5 Å². The van der Waals surface area contributed by atoms with Crippen molar-refractivity contribution in [3.05, 3.63) is 59.3 Å². The van der Waals surface area contributed by atoms with E-state index in [0.717, 1.165) is 0 Å². The number of nitrogens with zero attached hydrogens (tertiary/aromatic N) is 3. The molecule has 1 aliphatic heterocycles. The Kier molecular flexibility index (Phi) is 3.69. The molecule has 4 rings (SSSR count). The average molecular weight is 456 g/mol. The molecule has 1 saturated heterocycles. The van der Waals surface area contributed by atoms with Crippen LogP contribution in [0.2, 0.25) is 0 Å². The largest absolute Gasteiger partial charge is 0.476 e. The molecule has 1 aromatic carbocycles.